The zero-order valence-electron chi connectivity index (χ0n) is 14.9. The molecule has 0 fully saturated rings. The third kappa shape index (κ3) is 5.69. The van der Waals surface area contributed by atoms with Crippen LogP contribution in [0.25, 0.3) is 0 Å². The lowest BCUT2D eigenvalue weighted by atomic mass is 10.1. The fourth-order valence-electron chi connectivity index (χ4n) is 2.73. The Morgan fingerprint density at radius 1 is 1.30 bits per heavy atom. The molecule has 0 aromatic carbocycles. The van der Waals surface area contributed by atoms with Crippen molar-refractivity contribution in [3.8, 4) is 0 Å². The van der Waals surface area contributed by atoms with Crippen molar-refractivity contribution in [1.29, 1.82) is 0 Å². The maximum atomic E-state index is 12.3. The summed E-state index contributed by atoms with van der Waals surface area (Å²) in [5.74, 6) is -0.563. The van der Waals surface area contributed by atoms with Gasteiger partial charge >= 0.3 is 5.97 Å². The van der Waals surface area contributed by atoms with E-state index < -0.39 is 5.97 Å². The second kappa shape index (κ2) is 8.70. The molecule has 0 spiro atoms. The molecule has 0 bridgehead atoms. The molecule has 0 aliphatic rings. The van der Waals surface area contributed by atoms with Crippen LogP contribution in [0.15, 0.2) is 0 Å². The minimum Gasteiger partial charge on any atom is -0.480 e. The Labute approximate surface area is 138 Å². The number of carbonyl (C=O) groups excluding carboxylic acids is 1. The first-order valence-electron chi connectivity index (χ1n) is 8.28. The van der Waals surface area contributed by atoms with Gasteiger partial charge in [0.2, 0.25) is 5.91 Å². The van der Waals surface area contributed by atoms with Crippen LogP contribution >= 0.6 is 0 Å². The van der Waals surface area contributed by atoms with Gasteiger partial charge in [-0.25, -0.2) is 0 Å². The van der Waals surface area contributed by atoms with E-state index in [0.29, 0.717) is 25.3 Å². The molecular weight excluding hydrogens is 294 g/mol. The number of carboxylic acid groups (broad SMARTS) is 1. The highest BCUT2D eigenvalue weighted by Gasteiger charge is 2.18. The number of aliphatic carboxylic acids is 1. The van der Waals surface area contributed by atoms with E-state index in [9.17, 15) is 9.59 Å². The lowest BCUT2D eigenvalue weighted by Crippen LogP contribution is -2.36. The van der Waals surface area contributed by atoms with Crippen LogP contribution in [-0.4, -0.2) is 44.8 Å². The molecule has 1 amide bonds. The van der Waals surface area contributed by atoms with Crippen molar-refractivity contribution in [3.05, 3.63) is 17.0 Å². The van der Waals surface area contributed by atoms with Crippen LogP contribution in [0, 0.1) is 19.8 Å². The summed E-state index contributed by atoms with van der Waals surface area (Å²) in [5, 5.41) is 13.5. The Bertz CT molecular complexity index is 550. The minimum absolute atomic E-state index is 0.107. The smallest absolute Gasteiger partial charge is 0.323 e. The summed E-state index contributed by atoms with van der Waals surface area (Å²) >= 11 is 0. The van der Waals surface area contributed by atoms with Crippen LogP contribution in [0.3, 0.4) is 0 Å². The maximum Gasteiger partial charge on any atom is 0.323 e. The van der Waals surface area contributed by atoms with Crippen LogP contribution in [0.2, 0.25) is 0 Å². The minimum atomic E-state index is -0.969. The van der Waals surface area contributed by atoms with Gasteiger partial charge in [-0.3, -0.25) is 14.3 Å². The molecule has 130 valence electrons. The van der Waals surface area contributed by atoms with Gasteiger partial charge in [0.15, 0.2) is 0 Å². The molecule has 0 saturated heterocycles. The zero-order valence-corrected chi connectivity index (χ0v) is 14.9. The van der Waals surface area contributed by atoms with Crippen molar-refractivity contribution in [3.63, 3.8) is 0 Å². The van der Waals surface area contributed by atoms with E-state index in [0.717, 1.165) is 29.9 Å². The number of carboxylic acids is 1. The predicted octanol–water partition coefficient (Wildman–Crippen LogP) is 2.41. The summed E-state index contributed by atoms with van der Waals surface area (Å²) < 4.78 is 2.00. The number of hydrogen-bond acceptors (Lipinski definition) is 3. The van der Waals surface area contributed by atoms with Gasteiger partial charge in [-0.1, -0.05) is 20.8 Å². The first kappa shape index (κ1) is 19.2. The van der Waals surface area contributed by atoms with Gasteiger partial charge < -0.3 is 10.0 Å². The normalized spacial score (nSPS) is 11.0. The number of carbonyl (C=O) groups is 2. The van der Waals surface area contributed by atoms with Crippen LogP contribution in [0.5, 0.6) is 0 Å². The summed E-state index contributed by atoms with van der Waals surface area (Å²) in [6.45, 7) is 11.3. The van der Waals surface area contributed by atoms with Gasteiger partial charge in [0.05, 0.1) is 5.69 Å². The third-order valence-corrected chi connectivity index (χ3v) is 3.83. The van der Waals surface area contributed by atoms with Gasteiger partial charge in [-0.05, 0) is 38.2 Å². The topological polar surface area (TPSA) is 75.4 Å². The number of hydrogen-bond donors (Lipinski definition) is 1. The second-order valence-corrected chi connectivity index (χ2v) is 6.43. The van der Waals surface area contributed by atoms with E-state index in [-0.39, 0.29) is 12.5 Å². The monoisotopic (exact) mass is 323 g/mol. The molecule has 0 aliphatic heterocycles. The average Bonchev–Trinajstić information content (AvgIpc) is 2.69. The van der Waals surface area contributed by atoms with Crippen LogP contribution in [-0.2, 0) is 22.6 Å². The van der Waals surface area contributed by atoms with Crippen molar-refractivity contribution in [2.75, 3.05) is 13.1 Å². The Kier molecular flexibility index (Phi) is 7.26. The molecule has 0 unspecified atom stereocenters. The van der Waals surface area contributed by atoms with Gasteiger partial charge in [0.25, 0.3) is 0 Å². The first-order valence-corrected chi connectivity index (χ1v) is 8.28. The Hall–Kier alpha value is -1.85. The molecule has 1 aromatic rings. The highest BCUT2D eigenvalue weighted by molar-refractivity contribution is 5.81. The average molecular weight is 323 g/mol. The highest BCUT2D eigenvalue weighted by atomic mass is 16.4. The quantitative estimate of drug-likeness (QED) is 0.757. The van der Waals surface area contributed by atoms with E-state index in [4.69, 9.17) is 5.11 Å². The van der Waals surface area contributed by atoms with E-state index in [1.807, 2.05) is 25.5 Å². The summed E-state index contributed by atoms with van der Waals surface area (Å²) in [7, 11) is 0. The van der Waals surface area contributed by atoms with Crippen molar-refractivity contribution in [1.82, 2.24) is 14.7 Å². The SMILES string of the molecule is CCCN(CC(=O)O)C(=O)CCc1c(C)nn(CC(C)C)c1C. The highest BCUT2D eigenvalue weighted by Crippen LogP contribution is 2.17. The summed E-state index contributed by atoms with van der Waals surface area (Å²) in [6.07, 6.45) is 1.68. The van der Waals surface area contributed by atoms with Gasteiger partial charge in [0.1, 0.15) is 6.54 Å². The molecule has 23 heavy (non-hydrogen) atoms. The largest absolute Gasteiger partial charge is 0.480 e. The summed E-state index contributed by atoms with van der Waals surface area (Å²) in [4.78, 5) is 24.6. The fraction of sp³-hybridized carbons (Fsp3) is 0.706. The lowest BCUT2D eigenvalue weighted by molar-refractivity contribution is -0.144. The molecule has 0 radical (unpaired) electrons. The van der Waals surface area contributed by atoms with E-state index >= 15 is 0 Å². The van der Waals surface area contributed by atoms with Crippen LogP contribution < -0.4 is 0 Å². The Morgan fingerprint density at radius 3 is 2.48 bits per heavy atom. The summed E-state index contributed by atoms with van der Waals surface area (Å²) in [5.41, 5.74) is 3.16. The van der Waals surface area contributed by atoms with Crippen molar-refractivity contribution in [2.45, 2.75) is 60.4 Å². The Balaban J connectivity index is 2.74. The number of aromatic nitrogens is 2. The molecule has 0 aliphatic carbocycles. The molecule has 6 heteroatoms. The van der Waals surface area contributed by atoms with E-state index in [1.165, 1.54) is 4.90 Å². The van der Waals surface area contributed by atoms with E-state index in [1.54, 1.807) is 0 Å². The maximum absolute atomic E-state index is 12.3. The fourth-order valence-corrected chi connectivity index (χ4v) is 2.73. The zero-order chi connectivity index (χ0) is 17.6. The standard InChI is InChI=1S/C17H29N3O3/c1-6-9-19(11-17(22)23)16(21)8-7-15-13(4)18-20(14(15)5)10-12(2)3/h12H,6-11H2,1-5H3,(H,22,23). The lowest BCUT2D eigenvalue weighted by Gasteiger charge is -2.20. The third-order valence-electron chi connectivity index (χ3n) is 3.83. The molecule has 6 nitrogen and oxygen atoms in total. The van der Waals surface area contributed by atoms with Crippen molar-refractivity contribution in [2.24, 2.45) is 5.92 Å². The second-order valence-electron chi connectivity index (χ2n) is 6.43. The van der Waals surface area contributed by atoms with Crippen LogP contribution in [0.4, 0.5) is 0 Å². The van der Waals surface area contributed by atoms with E-state index in [2.05, 4.69) is 18.9 Å². The van der Waals surface area contributed by atoms with Crippen molar-refractivity contribution >= 4 is 11.9 Å². The first-order chi connectivity index (χ1) is 10.8. The predicted molar refractivity (Wildman–Crippen MR) is 89.4 cm³/mol. The molecule has 0 saturated carbocycles. The molecule has 1 aromatic heterocycles. The number of rotatable bonds is 9. The molecule has 1 heterocycles. The summed E-state index contributed by atoms with van der Waals surface area (Å²) in [6, 6.07) is 0. The molecule has 1 rings (SSSR count). The Morgan fingerprint density at radius 2 is 1.96 bits per heavy atom. The number of aryl methyl sites for hydroxylation is 1. The van der Waals surface area contributed by atoms with Crippen LogP contribution in [0.1, 0.15) is 50.6 Å². The number of amides is 1. The van der Waals surface area contributed by atoms with Gasteiger partial charge in [-0.2, -0.15) is 5.10 Å². The molecule has 0 atom stereocenters. The molecule has 1 N–H and O–H groups in total. The number of nitrogens with zero attached hydrogens (tertiary/aromatic N) is 3. The van der Waals surface area contributed by atoms with Gasteiger partial charge in [-0.15, -0.1) is 0 Å². The molecular formula is C17H29N3O3. The van der Waals surface area contributed by atoms with Crippen molar-refractivity contribution < 1.29 is 14.7 Å². The van der Waals surface area contributed by atoms with Gasteiger partial charge in [0, 0.05) is 25.2 Å².